The van der Waals surface area contributed by atoms with Crippen molar-refractivity contribution in [3.05, 3.63) is 50.2 Å². The monoisotopic (exact) mass is 421 g/mol. The van der Waals surface area contributed by atoms with Gasteiger partial charge in [-0.15, -0.1) is 0 Å². The van der Waals surface area contributed by atoms with E-state index in [1.54, 1.807) is 24.3 Å². The topological polar surface area (TPSA) is 94.3 Å². The number of nitrogens with one attached hydrogen (secondary N) is 1. The van der Waals surface area contributed by atoms with Gasteiger partial charge in [0.15, 0.2) is 17.0 Å². The molecule has 6 nitrogen and oxygen atoms in total. The molecule has 2 rings (SSSR count). The van der Waals surface area contributed by atoms with E-state index in [1.807, 2.05) is 0 Å². The van der Waals surface area contributed by atoms with E-state index in [2.05, 4.69) is 10.3 Å². The summed E-state index contributed by atoms with van der Waals surface area (Å²) in [4.78, 5) is 28.0. The summed E-state index contributed by atoms with van der Waals surface area (Å²) in [6, 6.07) is 6.50. The lowest BCUT2D eigenvalue weighted by Crippen LogP contribution is -2.30. The van der Waals surface area contributed by atoms with Crippen LogP contribution in [0.4, 0.5) is 11.4 Å². The number of aromatic nitrogens is 1. The van der Waals surface area contributed by atoms with Gasteiger partial charge in [-0.2, -0.15) is 0 Å². The van der Waals surface area contributed by atoms with Gasteiger partial charge < -0.3 is 15.8 Å². The van der Waals surface area contributed by atoms with E-state index in [-0.39, 0.29) is 26.6 Å². The summed E-state index contributed by atoms with van der Waals surface area (Å²) < 4.78 is 5.04. The molecule has 1 aromatic carbocycles. The SMILES string of the molecule is CC(OC(=O)c1nc(Cl)c(Cl)c(N)c1Cl)C(=O)Nc1cccc(Cl)c1. The highest BCUT2D eigenvalue weighted by Gasteiger charge is 2.25. The number of carbonyl (C=O) groups is 2. The van der Waals surface area contributed by atoms with Crippen molar-refractivity contribution in [2.45, 2.75) is 13.0 Å². The molecular formula is C15H11Cl4N3O3. The molecule has 1 heterocycles. The quantitative estimate of drug-likeness (QED) is 0.560. The summed E-state index contributed by atoms with van der Waals surface area (Å²) in [6.45, 7) is 1.38. The van der Waals surface area contributed by atoms with Gasteiger partial charge in [0, 0.05) is 10.7 Å². The molecule has 3 N–H and O–H groups in total. The summed E-state index contributed by atoms with van der Waals surface area (Å²) in [5, 5.41) is 2.53. The molecule has 0 radical (unpaired) electrons. The second-order valence-electron chi connectivity index (χ2n) is 4.84. The van der Waals surface area contributed by atoms with E-state index >= 15 is 0 Å². The summed E-state index contributed by atoms with van der Waals surface area (Å²) in [5.74, 6) is -1.54. The summed E-state index contributed by atoms with van der Waals surface area (Å²) >= 11 is 23.3. The predicted molar refractivity (Wildman–Crippen MR) is 98.6 cm³/mol. The lowest BCUT2D eigenvalue weighted by atomic mass is 10.3. The summed E-state index contributed by atoms with van der Waals surface area (Å²) in [5.41, 5.74) is 5.65. The Morgan fingerprint density at radius 3 is 2.52 bits per heavy atom. The maximum absolute atomic E-state index is 12.2. The van der Waals surface area contributed by atoms with Crippen LogP contribution in [0, 0.1) is 0 Å². The van der Waals surface area contributed by atoms with Crippen LogP contribution in [-0.4, -0.2) is 23.0 Å². The molecule has 0 aliphatic heterocycles. The fraction of sp³-hybridized carbons (Fsp3) is 0.133. The first-order chi connectivity index (χ1) is 11.7. The first kappa shape index (κ1) is 19.6. The smallest absolute Gasteiger partial charge is 0.359 e. The van der Waals surface area contributed by atoms with Crippen molar-refractivity contribution in [2.24, 2.45) is 0 Å². The zero-order valence-corrected chi connectivity index (χ0v) is 15.7. The van der Waals surface area contributed by atoms with Crippen LogP contribution in [0.1, 0.15) is 17.4 Å². The Balaban J connectivity index is 2.11. The molecule has 1 aromatic heterocycles. The second-order valence-corrected chi connectivity index (χ2v) is 6.39. The normalized spacial score (nSPS) is 11.7. The van der Waals surface area contributed by atoms with Crippen LogP contribution in [0.25, 0.3) is 0 Å². The molecule has 25 heavy (non-hydrogen) atoms. The van der Waals surface area contributed by atoms with Gasteiger partial charge in [0.25, 0.3) is 5.91 Å². The number of nitrogens with zero attached hydrogens (tertiary/aromatic N) is 1. The molecule has 2 aromatic rings. The highest BCUT2D eigenvalue weighted by Crippen LogP contribution is 2.34. The third-order valence-electron chi connectivity index (χ3n) is 3.01. The third-order valence-corrected chi connectivity index (χ3v) is 4.38. The number of esters is 1. The number of pyridine rings is 1. The van der Waals surface area contributed by atoms with Crippen LogP contribution >= 0.6 is 46.4 Å². The van der Waals surface area contributed by atoms with Crippen LogP contribution in [-0.2, 0) is 9.53 Å². The molecule has 132 valence electrons. The number of benzene rings is 1. The van der Waals surface area contributed by atoms with E-state index in [9.17, 15) is 9.59 Å². The lowest BCUT2D eigenvalue weighted by Gasteiger charge is -2.14. The molecular weight excluding hydrogens is 412 g/mol. The average molecular weight is 423 g/mol. The summed E-state index contributed by atoms with van der Waals surface area (Å²) in [6.07, 6.45) is -1.14. The number of ether oxygens (including phenoxy) is 1. The molecule has 1 atom stereocenters. The van der Waals surface area contributed by atoms with E-state index < -0.39 is 18.0 Å². The number of halogens is 4. The standard InChI is InChI=1S/C15H11Cl4N3O3/c1-6(14(23)21-8-4-2-3-7(16)5-8)25-15(24)12-9(17)11(20)10(18)13(19)22-12/h2-6H,1H3,(H2,20,22)(H,21,23). The second kappa shape index (κ2) is 8.10. The molecule has 0 saturated carbocycles. The molecule has 10 heteroatoms. The Hall–Kier alpha value is -1.73. The molecule has 0 aliphatic rings. The molecule has 1 amide bonds. The fourth-order valence-electron chi connectivity index (χ4n) is 1.75. The van der Waals surface area contributed by atoms with Crippen LogP contribution in [0.3, 0.4) is 0 Å². The Morgan fingerprint density at radius 1 is 1.20 bits per heavy atom. The third kappa shape index (κ3) is 4.67. The number of anilines is 2. The van der Waals surface area contributed by atoms with E-state index in [0.29, 0.717) is 10.7 Å². The van der Waals surface area contributed by atoms with Crippen LogP contribution < -0.4 is 11.1 Å². The van der Waals surface area contributed by atoms with E-state index in [4.69, 9.17) is 56.9 Å². The highest BCUT2D eigenvalue weighted by molar-refractivity contribution is 6.46. The number of rotatable bonds is 4. The van der Waals surface area contributed by atoms with Gasteiger partial charge in [0.1, 0.15) is 5.02 Å². The predicted octanol–water partition coefficient (Wildman–Crippen LogP) is 4.46. The van der Waals surface area contributed by atoms with Crippen molar-refractivity contribution < 1.29 is 14.3 Å². The van der Waals surface area contributed by atoms with Gasteiger partial charge in [-0.25, -0.2) is 9.78 Å². The number of nitrogens with two attached hydrogens (primary N) is 1. The van der Waals surface area contributed by atoms with Crippen LogP contribution in [0.2, 0.25) is 20.2 Å². The Bertz CT molecular complexity index is 845. The maximum atomic E-state index is 12.2. The van der Waals surface area contributed by atoms with E-state index in [0.717, 1.165) is 0 Å². The molecule has 1 unspecified atom stereocenters. The molecule has 0 bridgehead atoms. The number of hydrogen-bond acceptors (Lipinski definition) is 5. The number of hydrogen-bond donors (Lipinski definition) is 2. The van der Waals surface area contributed by atoms with Crippen molar-refractivity contribution >= 4 is 69.7 Å². The maximum Gasteiger partial charge on any atom is 0.359 e. The number of carbonyl (C=O) groups excluding carboxylic acids is 2. The lowest BCUT2D eigenvalue weighted by molar-refractivity contribution is -0.123. The highest BCUT2D eigenvalue weighted by atomic mass is 35.5. The number of amides is 1. The van der Waals surface area contributed by atoms with Crippen molar-refractivity contribution in [1.29, 1.82) is 0 Å². The Labute approximate surface area is 163 Å². The minimum absolute atomic E-state index is 0.0741. The Kier molecular flexibility index (Phi) is 6.35. The van der Waals surface area contributed by atoms with Gasteiger partial charge in [-0.05, 0) is 25.1 Å². The first-order valence-electron chi connectivity index (χ1n) is 6.78. The van der Waals surface area contributed by atoms with Crippen LogP contribution in [0.15, 0.2) is 24.3 Å². The zero-order chi connectivity index (χ0) is 18.7. The molecule has 0 spiro atoms. The van der Waals surface area contributed by atoms with Crippen molar-refractivity contribution in [2.75, 3.05) is 11.1 Å². The minimum atomic E-state index is -1.14. The summed E-state index contributed by atoms with van der Waals surface area (Å²) in [7, 11) is 0. The average Bonchev–Trinajstić information content (AvgIpc) is 2.56. The first-order valence-corrected chi connectivity index (χ1v) is 8.29. The van der Waals surface area contributed by atoms with Gasteiger partial charge in [0.05, 0.1) is 10.7 Å². The molecule has 0 fully saturated rings. The number of nitrogen functional groups attached to an aromatic ring is 1. The Morgan fingerprint density at radius 2 is 1.88 bits per heavy atom. The molecule has 0 saturated heterocycles. The molecule has 0 aliphatic carbocycles. The van der Waals surface area contributed by atoms with Crippen LogP contribution in [0.5, 0.6) is 0 Å². The largest absolute Gasteiger partial charge is 0.448 e. The van der Waals surface area contributed by atoms with Crippen molar-refractivity contribution in [3.8, 4) is 0 Å². The van der Waals surface area contributed by atoms with E-state index in [1.165, 1.54) is 6.92 Å². The van der Waals surface area contributed by atoms with Gasteiger partial charge in [0.2, 0.25) is 0 Å². The van der Waals surface area contributed by atoms with Gasteiger partial charge in [-0.3, -0.25) is 4.79 Å². The zero-order valence-electron chi connectivity index (χ0n) is 12.6. The fourth-order valence-corrected chi connectivity index (χ4v) is 2.52. The van der Waals surface area contributed by atoms with Crippen molar-refractivity contribution in [3.63, 3.8) is 0 Å². The van der Waals surface area contributed by atoms with Gasteiger partial charge >= 0.3 is 5.97 Å². The van der Waals surface area contributed by atoms with Gasteiger partial charge in [-0.1, -0.05) is 52.5 Å². The van der Waals surface area contributed by atoms with Crippen molar-refractivity contribution in [1.82, 2.24) is 4.98 Å². The minimum Gasteiger partial charge on any atom is -0.448 e.